The van der Waals surface area contributed by atoms with Crippen LogP contribution in [-0.4, -0.2) is 20.2 Å². The molecule has 0 amide bonds. The summed E-state index contributed by atoms with van der Waals surface area (Å²) in [5.74, 6) is 0.874. The number of carbonyl (C=O) groups excluding carboxylic acids is 1. The van der Waals surface area contributed by atoms with E-state index in [2.05, 4.69) is 0 Å². The highest BCUT2D eigenvalue weighted by molar-refractivity contribution is 5.88. The summed E-state index contributed by atoms with van der Waals surface area (Å²) in [4.78, 5) is 12.1. The van der Waals surface area contributed by atoms with Gasteiger partial charge < -0.3 is 18.9 Å². The summed E-state index contributed by atoms with van der Waals surface area (Å²) in [6.07, 6.45) is 1.19. The van der Waals surface area contributed by atoms with Crippen LogP contribution >= 0.6 is 0 Å². The molecular formula is C17H16O5. The average molecular weight is 300 g/mol. The van der Waals surface area contributed by atoms with Crippen LogP contribution in [0, 0.1) is 0 Å². The van der Waals surface area contributed by atoms with Crippen LogP contribution in [0.2, 0.25) is 0 Å². The van der Waals surface area contributed by atoms with Crippen molar-refractivity contribution in [3.05, 3.63) is 66.6 Å². The Morgan fingerprint density at radius 2 is 1.41 bits per heavy atom. The molecule has 2 rings (SSSR count). The SMILES string of the molecule is COC=C(Oc1ccc(OC)cc1)C(=O)Oc1ccccc1. The fraction of sp³-hybridized carbons (Fsp3) is 0.118. The molecule has 0 aromatic heterocycles. The van der Waals surface area contributed by atoms with E-state index in [1.165, 1.54) is 13.4 Å². The first kappa shape index (κ1) is 15.4. The normalized spacial score (nSPS) is 10.7. The summed E-state index contributed by atoms with van der Waals surface area (Å²) in [6.45, 7) is 0. The van der Waals surface area contributed by atoms with E-state index in [0.29, 0.717) is 17.2 Å². The van der Waals surface area contributed by atoms with Gasteiger partial charge in [-0.3, -0.25) is 0 Å². The van der Waals surface area contributed by atoms with Crippen molar-refractivity contribution in [3.63, 3.8) is 0 Å². The second-order valence-corrected chi connectivity index (χ2v) is 4.20. The Kier molecular flexibility index (Phi) is 5.43. The first-order valence-corrected chi connectivity index (χ1v) is 6.55. The van der Waals surface area contributed by atoms with Gasteiger partial charge in [0, 0.05) is 0 Å². The first-order chi connectivity index (χ1) is 10.7. The van der Waals surface area contributed by atoms with Crippen LogP contribution in [0.3, 0.4) is 0 Å². The van der Waals surface area contributed by atoms with Crippen LogP contribution in [-0.2, 0) is 9.53 Å². The minimum atomic E-state index is -0.649. The summed E-state index contributed by atoms with van der Waals surface area (Å²) in [6, 6.07) is 15.5. The maximum absolute atomic E-state index is 12.1. The zero-order valence-electron chi connectivity index (χ0n) is 12.3. The van der Waals surface area contributed by atoms with Crippen molar-refractivity contribution in [1.29, 1.82) is 0 Å². The van der Waals surface area contributed by atoms with E-state index < -0.39 is 5.97 Å². The Morgan fingerprint density at radius 1 is 0.818 bits per heavy atom. The number of methoxy groups -OCH3 is 2. The Labute approximate surface area is 128 Å². The third-order valence-electron chi connectivity index (χ3n) is 2.67. The predicted molar refractivity (Wildman–Crippen MR) is 80.8 cm³/mol. The molecule has 0 N–H and O–H groups in total. The molecule has 2 aromatic carbocycles. The van der Waals surface area contributed by atoms with E-state index in [0.717, 1.165) is 0 Å². The van der Waals surface area contributed by atoms with Gasteiger partial charge in [0.05, 0.1) is 14.2 Å². The summed E-state index contributed by atoms with van der Waals surface area (Å²) >= 11 is 0. The molecule has 0 saturated carbocycles. The highest BCUT2D eigenvalue weighted by Gasteiger charge is 2.16. The quantitative estimate of drug-likeness (QED) is 0.355. The number of para-hydroxylation sites is 1. The van der Waals surface area contributed by atoms with Crippen LogP contribution in [0.5, 0.6) is 17.2 Å². The van der Waals surface area contributed by atoms with Crippen LogP contribution in [0.25, 0.3) is 0 Å². The van der Waals surface area contributed by atoms with Crippen LogP contribution in [0.4, 0.5) is 0 Å². The van der Waals surface area contributed by atoms with Gasteiger partial charge in [-0.15, -0.1) is 0 Å². The van der Waals surface area contributed by atoms with E-state index >= 15 is 0 Å². The van der Waals surface area contributed by atoms with Crippen molar-refractivity contribution >= 4 is 5.97 Å². The zero-order valence-corrected chi connectivity index (χ0v) is 12.3. The second kappa shape index (κ2) is 7.73. The molecule has 5 nitrogen and oxygen atoms in total. The van der Waals surface area contributed by atoms with Gasteiger partial charge in [-0.1, -0.05) is 18.2 Å². The maximum atomic E-state index is 12.1. The van der Waals surface area contributed by atoms with Crippen LogP contribution < -0.4 is 14.2 Å². The Hall–Kier alpha value is -2.95. The van der Waals surface area contributed by atoms with Crippen molar-refractivity contribution < 1.29 is 23.7 Å². The van der Waals surface area contributed by atoms with E-state index in [1.807, 2.05) is 6.07 Å². The van der Waals surface area contributed by atoms with Crippen LogP contribution in [0.15, 0.2) is 66.6 Å². The minimum absolute atomic E-state index is 0.0588. The number of hydrogen-bond donors (Lipinski definition) is 0. The summed E-state index contributed by atoms with van der Waals surface area (Å²) in [5, 5.41) is 0. The molecule has 0 atom stereocenters. The standard InChI is InChI=1S/C17H16O5/c1-19-12-16(17(18)22-14-6-4-3-5-7-14)21-15-10-8-13(20-2)9-11-15/h3-12H,1-2H3. The maximum Gasteiger partial charge on any atom is 0.382 e. The molecular weight excluding hydrogens is 284 g/mol. The van der Waals surface area contributed by atoms with Gasteiger partial charge in [0.15, 0.2) is 0 Å². The molecule has 0 heterocycles. The van der Waals surface area contributed by atoms with Gasteiger partial charge in [-0.2, -0.15) is 0 Å². The number of esters is 1. The minimum Gasteiger partial charge on any atom is -0.500 e. The number of ether oxygens (including phenoxy) is 4. The number of rotatable bonds is 6. The lowest BCUT2D eigenvalue weighted by Crippen LogP contribution is -2.16. The summed E-state index contributed by atoms with van der Waals surface area (Å²) < 4.78 is 20.6. The van der Waals surface area contributed by atoms with E-state index in [-0.39, 0.29) is 5.76 Å². The monoisotopic (exact) mass is 300 g/mol. The molecule has 0 radical (unpaired) electrons. The lowest BCUT2D eigenvalue weighted by Gasteiger charge is -2.10. The molecule has 22 heavy (non-hydrogen) atoms. The molecule has 114 valence electrons. The highest BCUT2D eigenvalue weighted by Crippen LogP contribution is 2.20. The molecule has 0 aliphatic rings. The predicted octanol–water partition coefficient (Wildman–Crippen LogP) is 3.17. The summed E-state index contributed by atoms with van der Waals surface area (Å²) in [7, 11) is 3.00. The number of hydrogen-bond acceptors (Lipinski definition) is 5. The van der Waals surface area contributed by atoms with Crippen molar-refractivity contribution in [2.75, 3.05) is 14.2 Å². The van der Waals surface area contributed by atoms with Gasteiger partial charge in [-0.25, -0.2) is 4.79 Å². The third kappa shape index (κ3) is 4.28. The Bertz CT molecular complexity index is 632. The van der Waals surface area contributed by atoms with Gasteiger partial charge in [0.1, 0.15) is 23.5 Å². The van der Waals surface area contributed by atoms with Crippen molar-refractivity contribution in [3.8, 4) is 17.2 Å². The van der Waals surface area contributed by atoms with Crippen molar-refractivity contribution in [2.24, 2.45) is 0 Å². The molecule has 5 heteroatoms. The fourth-order valence-electron chi connectivity index (χ4n) is 1.64. The highest BCUT2D eigenvalue weighted by atomic mass is 16.6. The van der Waals surface area contributed by atoms with E-state index in [1.54, 1.807) is 55.6 Å². The van der Waals surface area contributed by atoms with Crippen molar-refractivity contribution in [2.45, 2.75) is 0 Å². The summed E-state index contributed by atoms with van der Waals surface area (Å²) in [5.41, 5.74) is 0. The Balaban J connectivity index is 2.08. The average Bonchev–Trinajstić information content (AvgIpc) is 2.56. The zero-order chi connectivity index (χ0) is 15.8. The topological polar surface area (TPSA) is 54.0 Å². The second-order valence-electron chi connectivity index (χ2n) is 4.20. The molecule has 0 aliphatic carbocycles. The molecule has 0 saturated heterocycles. The molecule has 0 spiro atoms. The Morgan fingerprint density at radius 3 is 2.00 bits per heavy atom. The molecule has 0 fully saturated rings. The van der Waals surface area contributed by atoms with E-state index in [4.69, 9.17) is 18.9 Å². The largest absolute Gasteiger partial charge is 0.500 e. The molecule has 0 bridgehead atoms. The molecule has 0 aliphatic heterocycles. The van der Waals surface area contributed by atoms with Gasteiger partial charge in [-0.05, 0) is 36.4 Å². The van der Waals surface area contributed by atoms with Gasteiger partial charge in [0.25, 0.3) is 0 Å². The first-order valence-electron chi connectivity index (χ1n) is 6.55. The van der Waals surface area contributed by atoms with Crippen molar-refractivity contribution in [1.82, 2.24) is 0 Å². The third-order valence-corrected chi connectivity index (χ3v) is 2.67. The van der Waals surface area contributed by atoms with Crippen LogP contribution in [0.1, 0.15) is 0 Å². The van der Waals surface area contributed by atoms with Gasteiger partial charge in [0.2, 0.25) is 5.76 Å². The lowest BCUT2D eigenvalue weighted by molar-refractivity contribution is -0.132. The smallest absolute Gasteiger partial charge is 0.382 e. The van der Waals surface area contributed by atoms with E-state index in [9.17, 15) is 4.79 Å². The number of carbonyl (C=O) groups is 1. The molecule has 0 unspecified atom stereocenters. The number of benzene rings is 2. The fourth-order valence-corrected chi connectivity index (χ4v) is 1.64. The van der Waals surface area contributed by atoms with Gasteiger partial charge >= 0.3 is 5.97 Å². The lowest BCUT2D eigenvalue weighted by atomic mass is 10.3. The molecule has 2 aromatic rings.